The van der Waals surface area contributed by atoms with Crippen LogP contribution >= 0.6 is 11.3 Å². The van der Waals surface area contributed by atoms with Crippen molar-refractivity contribution >= 4 is 21.6 Å². The number of ether oxygens (including phenoxy) is 2. The van der Waals surface area contributed by atoms with Gasteiger partial charge in [-0.2, -0.15) is 13.2 Å². The minimum atomic E-state index is -4.81. The number of nitrogens with zero attached hydrogens (tertiary/aromatic N) is 1. The SMILES string of the molecule is CCOc1cc(CCC(O)(c2ccccc2)C(F)(F)F)ccc1Oc1nc2ccccc2s1. The van der Waals surface area contributed by atoms with Crippen LogP contribution < -0.4 is 9.47 Å². The molecule has 8 heteroatoms. The van der Waals surface area contributed by atoms with Crippen molar-refractivity contribution < 1.29 is 27.8 Å². The minimum absolute atomic E-state index is 0.00754. The molecule has 1 heterocycles. The number of hydrogen-bond acceptors (Lipinski definition) is 5. The number of para-hydroxylation sites is 1. The van der Waals surface area contributed by atoms with Crippen molar-refractivity contribution in [1.29, 1.82) is 0 Å². The lowest BCUT2D eigenvalue weighted by atomic mass is 9.87. The standard InChI is InChI=1S/C25H22F3NO3S/c1-2-31-21-16-17(14-15-24(30,25(26,27)28)18-8-4-3-5-9-18)12-13-20(21)32-23-29-19-10-6-7-11-22(19)33-23/h3-13,16,30H,2,14-15H2,1H3. The molecule has 0 amide bonds. The second kappa shape index (κ2) is 9.41. The van der Waals surface area contributed by atoms with Crippen LogP contribution in [0.25, 0.3) is 10.2 Å². The zero-order valence-electron chi connectivity index (χ0n) is 17.8. The van der Waals surface area contributed by atoms with E-state index in [9.17, 15) is 18.3 Å². The molecule has 0 aliphatic carbocycles. The van der Waals surface area contributed by atoms with E-state index in [-0.39, 0.29) is 12.0 Å². The predicted molar refractivity (Wildman–Crippen MR) is 122 cm³/mol. The Hall–Kier alpha value is -3.10. The fourth-order valence-electron chi connectivity index (χ4n) is 3.54. The van der Waals surface area contributed by atoms with E-state index in [1.54, 1.807) is 24.3 Å². The molecule has 33 heavy (non-hydrogen) atoms. The monoisotopic (exact) mass is 473 g/mol. The van der Waals surface area contributed by atoms with Gasteiger partial charge in [0.15, 0.2) is 17.1 Å². The predicted octanol–water partition coefficient (Wildman–Crippen LogP) is 6.87. The number of benzene rings is 3. The highest BCUT2D eigenvalue weighted by molar-refractivity contribution is 7.20. The van der Waals surface area contributed by atoms with E-state index in [1.807, 2.05) is 31.2 Å². The molecule has 3 aromatic carbocycles. The first-order valence-electron chi connectivity index (χ1n) is 10.4. The maximum Gasteiger partial charge on any atom is 0.421 e. The number of hydrogen-bond donors (Lipinski definition) is 1. The van der Waals surface area contributed by atoms with Crippen LogP contribution in [0.1, 0.15) is 24.5 Å². The number of alkyl halides is 3. The molecule has 1 N–H and O–H groups in total. The molecule has 0 saturated heterocycles. The van der Waals surface area contributed by atoms with Gasteiger partial charge in [-0.3, -0.25) is 0 Å². The third-order valence-electron chi connectivity index (χ3n) is 5.28. The molecular formula is C25H22F3NO3S. The lowest BCUT2D eigenvalue weighted by Crippen LogP contribution is -2.42. The van der Waals surface area contributed by atoms with Gasteiger partial charge in [0.25, 0.3) is 5.19 Å². The first-order chi connectivity index (χ1) is 15.8. The largest absolute Gasteiger partial charge is 0.490 e. The van der Waals surface area contributed by atoms with Crippen molar-refractivity contribution in [3.8, 4) is 16.7 Å². The smallest absolute Gasteiger partial charge is 0.421 e. The number of halogens is 3. The molecule has 0 aliphatic heterocycles. The Morgan fingerprint density at radius 2 is 1.67 bits per heavy atom. The summed E-state index contributed by atoms with van der Waals surface area (Å²) in [6.45, 7) is 2.17. The van der Waals surface area contributed by atoms with E-state index >= 15 is 0 Å². The van der Waals surface area contributed by atoms with Gasteiger partial charge in [-0.15, -0.1) is 0 Å². The van der Waals surface area contributed by atoms with Gasteiger partial charge in [-0.1, -0.05) is 59.9 Å². The summed E-state index contributed by atoms with van der Waals surface area (Å²) in [7, 11) is 0. The Balaban J connectivity index is 1.56. The van der Waals surface area contributed by atoms with Gasteiger partial charge in [-0.25, -0.2) is 4.98 Å². The van der Waals surface area contributed by atoms with Crippen molar-refractivity contribution in [2.75, 3.05) is 6.61 Å². The van der Waals surface area contributed by atoms with Crippen LogP contribution in [0.3, 0.4) is 0 Å². The van der Waals surface area contributed by atoms with E-state index in [2.05, 4.69) is 4.98 Å². The van der Waals surface area contributed by atoms with Gasteiger partial charge < -0.3 is 14.6 Å². The molecule has 0 saturated carbocycles. The van der Waals surface area contributed by atoms with Crippen molar-refractivity contribution in [3.63, 3.8) is 0 Å². The van der Waals surface area contributed by atoms with Crippen molar-refractivity contribution in [2.24, 2.45) is 0 Å². The minimum Gasteiger partial charge on any atom is -0.490 e. The topological polar surface area (TPSA) is 51.6 Å². The molecule has 0 bridgehead atoms. The van der Waals surface area contributed by atoms with Crippen molar-refractivity contribution in [1.82, 2.24) is 4.98 Å². The molecule has 0 aliphatic rings. The molecule has 4 nitrogen and oxygen atoms in total. The van der Waals surface area contributed by atoms with E-state index in [0.29, 0.717) is 28.9 Å². The van der Waals surface area contributed by atoms with Gasteiger partial charge in [0.2, 0.25) is 0 Å². The molecule has 1 unspecified atom stereocenters. The van der Waals surface area contributed by atoms with E-state index < -0.39 is 18.2 Å². The molecule has 1 aromatic heterocycles. The summed E-state index contributed by atoms with van der Waals surface area (Å²) in [4.78, 5) is 4.44. The summed E-state index contributed by atoms with van der Waals surface area (Å²) in [6, 6.07) is 19.8. The summed E-state index contributed by atoms with van der Waals surface area (Å²) >= 11 is 1.39. The Morgan fingerprint density at radius 3 is 2.36 bits per heavy atom. The third-order valence-corrected chi connectivity index (χ3v) is 6.19. The van der Waals surface area contributed by atoms with Crippen LogP contribution in [0.5, 0.6) is 16.7 Å². The van der Waals surface area contributed by atoms with Gasteiger partial charge in [0.1, 0.15) is 0 Å². The maximum atomic E-state index is 13.8. The molecule has 4 rings (SSSR count). The number of aryl methyl sites for hydroxylation is 1. The zero-order chi connectivity index (χ0) is 23.5. The van der Waals surface area contributed by atoms with Crippen LogP contribution in [0, 0.1) is 0 Å². The zero-order valence-corrected chi connectivity index (χ0v) is 18.6. The van der Waals surface area contributed by atoms with Crippen LogP contribution in [0.2, 0.25) is 0 Å². The first-order valence-corrected chi connectivity index (χ1v) is 11.3. The fourth-order valence-corrected chi connectivity index (χ4v) is 4.37. The average molecular weight is 474 g/mol. The first kappa shape index (κ1) is 23.1. The molecule has 0 spiro atoms. The summed E-state index contributed by atoms with van der Waals surface area (Å²) in [5.74, 6) is 0.832. The normalized spacial score (nSPS) is 13.6. The van der Waals surface area contributed by atoms with Crippen molar-refractivity contribution in [3.05, 3.63) is 83.9 Å². The summed E-state index contributed by atoms with van der Waals surface area (Å²) in [6.07, 6.45) is -5.34. The Labute approximate surface area is 193 Å². The highest BCUT2D eigenvalue weighted by Crippen LogP contribution is 2.43. The number of rotatable bonds is 8. The third kappa shape index (κ3) is 4.96. The number of aliphatic hydroxyl groups is 1. The lowest BCUT2D eigenvalue weighted by Gasteiger charge is -2.31. The van der Waals surface area contributed by atoms with Crippen LogP contribution in [0.15, 0.2) is 72.8 Å². The highest BCUT2D eigenvalue weighted by Gasteiger charge is 2.54. The maximum absolute atomic E-state index is 13.8. The Kier molecular flexibility index (Phi) is 6.58. The van der Waals surface area contributed by atoms with Gasteiger partial charge in [-0.05, 0) is 55.2 Å². The van der Waals surface area contributed by atoms with Gasteiger partial charge >= 0.3 is 6.18 Å². The Morgan fingerprint density at radius 1 is 0.939 bits per heavy atom. The second-order valence-electron chi connectivity index (χ2n) is 7.49. The number of aromatic nitrogens is 1. The summed E-state index contributed by atoms with van der Waals surface area (Å²) in [5.41, 5.74) is -1.72. The van der Waals surface area contributed by atoms with E-state index in [0.717, 1.165) is 10.2 Å². The van der Waals surface area contributed by atoms with Crippen LogP contribution in [-0.4, -0.2) is 22.9 Å². The van der Waals surface area contributed by atoms with Crippen LogP contribution in [0.4, 0.5) is 13.2 Å². The molecule has 0 radical (unpaired) electrons. The van der Waals surface area contributed by atoms with Crippen molar-refractivity contribution in [2.45, 2.75) is 31.5 Å². The lowest BCUT2D eigenvalue weighted by molar-refractivity contribution is -0.269. The molecule has 0 fully saturated rings. The summed E-state index contributed by atoms with van der Waals surface area (Å²) < 4.78 is 53.9. The second-order valence-corrected chi connectivity index (χ2v) is 8.48. The van der Waals surface area contributed by atoms with Gasteiger partial charge in [0, 0.05) is 0 Å². The fraction of sp³-hybridized carbons (Fsp3) is 0.240. The molecule has 1 atom stereocenters. The van der Waals surface area contributed by atoms with Crippen LogP contribution in [-0.2, 0) is 12.0 Å². The van der Waals surface area contributed by atoms with E-state index in [1.165, 1.54) is 35.6 Å². The average Bonchev–Trinajstić information content (AvgIpc) is 3.21. The number of thiazole rings is 1. The van der Waals surface area contributed by atoms with Gasteiger partial charge in [0.05, 0.1) is 16.8 Å². The highest BCUT2D eigenvalue weighted by atomic mass is 32.1. The Bertz CT molecular complexity index is 1190. The molecular weight excluding hydrogens is 451 g/mol. The summed E-state index contributed by atoms with van der Waals surface area (Å²) in [5, 5.41) is 11.0. The van der Waals surface area contributed by atoms with E-state index in [4.69, 9.17) is 9.47 Å². The quantitative estimate of drug-likeness (QED) is 0.303. The molecule has 4 aromatic rings. The number of fused-ring (bicyclic) bond motifs is 1. The molecule has 172 valence electrons.